The minimum atomic E-state index is -0.668. The van der Waals surface area contributed by atoms with Crippen molar-refractivity contribution in [2.45, 2.75) is 44.2 Å². The molecule has 4 amide bonds. The third kappa shape index (κ3) is 2.51. The van der Waals surface area contributed by atoms with Crippen LogP contribution in [0.1, 0.15) is 31.7 Å². The number of hydrogen-bond acceptors (Lipinski definition) is 3. The smallest absolute Gasteiger partial charge is 0.327 e. The SMILES string of the molecule is C[C@]12CCCN1C(=O)N([C@@H]1CCN(C(=O)Cc3ccccc3)C1)C2=O. The molecule has 2 atom stereocenters. The Kier molecular flexibility index (Phi) is 3.78. The topological polar surface area (TPSA) is 60.9 Å². The van der Waals surface area contributed by atoms with E-state index in [4.69, 9.17) is 0 Å². The summed E-state index contributed by atoms with van der Waals surface area (Å²) in [6.07, 6.45) is 2.65. The molecule has 0 saturated carbocycles. The molecule has 0 spiro atoms. The van der Waals surface area contributed by atoms with E-state index in [0.29, 0.717) is 32.5 Å². The zero-order valence-corrected chi connectivity index (χ0v) is 14.5. The molecule has 132 valence electrons. The molecule has 3 heterocycles. The Morgan fingerprint density at radius 2 is 1.96 bits per heavy atom. The molecule has 0 aliphatic carbocycles. The van der Waals surface area contributed by atoms with E-state index in [-0.39, 0.29) is 23.9 Å². The molecule has 3 fully saturated rings. The van der Waals surface area contributed by atoms with Crippen LogP contribution in [0.3, 0.4) is 0 Å². The van der Waals surface area contributed by atoms with Crippen molar-refractivity contribution >= 4 is 17.8 Å². The number of hydrogen-bond donors (Lipinski definition) is 0. The molecule has 1 aromatic rings. The first-order valence-corrected chi connectivity index (χ1v) is 8.98. The van der Waals surface area contributed by atoms with Crippen LogP contribution in [-0.4, -0.2) is 63.8 Å². The Balaban J connectivity index is 1.43. The third-order valence-corrected chi connectivity index (χ3v) is 5.84. The summed E-state index contributed by atoms with van der Waals surface area (Å²) < 4.78 is 0. The normalized spacial score (nSPS) is 28.8. The molecule has 6 heteroatoms. The van der Waals surface area contributed by atoms with Gasteiger partial charge in [-0.15, -0.1) is 0 Å². The predicted octanol–water partition coefficient (Wildman–Crippen LogP) is 1.65. The molecule has 4 rings (SSSR count). The average molecular weight is 341 g/mol. The molecule has 0 N–H and O–H groups in total. The van der Waals surface area contributed by atoms with E-state index in [9.17, 15) is 14.4 Å². The maximum Gasteiger partial charge on any atom is 0.327 e. The van der Waals surface area contributed by atoms with Crippen LogP contribution in [0.2, 0.25) is 0 Å². The lowest BCUT2D eigenvalue weighted by molar-refractivity contribution is -0.134. The van der Waals surface area contributed by atoms with Gasteiger partial charge in [-0.3, -0.25) is 14.5 Å². The number of carbonyl (C=O) groups is 3. The Morgan fingerprint density at radius 3 is 2.68 bits per heavy atom. The number of imide groups is 1. The molecule has 3 saturated heterocycles. The summed E-state index contributed by atoms with van der Waals surface area (Å²) in [5.74, 6) is -0.0307. The fourth-order valence-electron chi connectivity index (χ4n) is 4.35. The lowest BCUT2D eigenvalue weighted by Gasteiger charge is -2.23. The van der Waals surface area contributed by atoms with Gasteiger partial charge in [-0.25, -0.2) is 4.79 Å². The van der Waals surface area contributed by atoms with Crippen molar-refractivity contribution in [3.63, 3.8) is 0 Å². The zero-order valence-electron chi connectivity index (χ0n) is 14.5. The van der Waals surface area contributed by atoms with Crippen LogP contribution < -0.4 is 0 Å². The molecule has 3 aliphatic heterocycles. The van der Waals surface area contributed by atoms with Crippen LogP contribution in [0, 0.1) is 0 Å². The number of carbonyl (C=O) groups excluding carboxylic acids is 3. The molecular weight excluding hydrogens is 318 g/mol. The van der Waals surface area contributed by atoms with E-state index in [1.165, 1.54) is 4.90 Å². The highest BCUT2D eigenvalue weighted by Gasteiger charge is 2.58. The van der Waals surface area contributed by atoms with Crippen molar-refractivity contribution in [3.05, 3.63) is 35.9 Å². The van der Waals surface area contributed by atoms with Gasteiger partial charge in [-0.05, 0) is 31.7 Å². The molecule has 0 radical (unpaired) electrons. The molecule has 25 heavy (non-hydrogen) atoms. The highest BCUT2D eigenvalue weighted by Crippen LogP contribution is 2.39. The minimum Gasteiger partial charge on any atom is -0.340 e. The van der Waals surface area contributed by atoms with Crippen molar-refractivity contribution in [1.82, 2.24) is 14.7 Å². The second-order valence-electron chi connectivity index (χ2n) is 7.43. The van der Waals surface area contributed by atoms with E-state index in [1.54, 1.807) is 9.80 Å². The number of amides is 4. The molecule has 0 bridgehead atoms. The van der Waals surface area contributed by atoms with Crippen molar-refractivity contribution in [2.24, 2.45) is 0 Å². The maximum atomic E-state index is 12.8. The van der Waals surface area contributed by atoms with Crippen molar-refractivity contribution in [3.8, 4) is 0 Å². The van der Waals surface area contributed by atoms with Gasteiger partial charge in [0.05, 0.1) is 12.5 Å². The fraction of sp³-hybridized carbons (Fsp3) is 0.526. The molecule has 6 nitrogen and oxygen atoms in total. The van der Waals surface area contributed by atoms with Gasteiger partial charge in [-0.2, -0.15) is 0 Å². The van der Waals surface area contributed by atoms with Crippen molar-refractivity contribution in [2.75, 3.05) is 19.6 Å². The quantitative estimate of drug-likeness (QED) is 0.786. The van der Waals surface area contributed by atoms with E-state index in [0.717, 1.165) is 18.4 Å². The first kappa shape index (κ1) is 16.1. The highest BCUT2D eigenvalue weighted by atomic mass is 16.2. The first-order valence-electron chi connectivity index (χ1n) is 8.98. The second kappa shape index (κ2) is 5.86. The Hall–Kier alpha value is -2.37. The highest BCUT2D eigenvalue weighted by molar-refractivity contribution is 6.07. The van der Waals surface area contributed by atoms with Crippen LogP contribution in [-0.2, 0) is 16.0 Å². The summed E-state index contributed by atoms with van der Waals surface area (Å²) in [5, 5.41) is 0. The molecule has 0 unspecified atom stereocenters. The van der Waals surface area contributed by atoms with Gasteiger partial charge in [0.1, 0.15) is 5.54 Å². The third-order valence-electron chi connectivity index (χ3n) is 5.84. The predicted molar refractivity (Wildman–Crippen MR) is 91.7 cm³/mol. The van der Waals surface area contributed by atoms with Crippen molar-refractivity contribution in [1.29, 1.82) is 0 Å². The van der Waals surface area contributed by atoms with E-state index < -0.39 is 5.54 Å². The van der Waals surface area contributed by atoms with Gasteiger partial charge >= 0.3 is 6.03 Å². The summed E-state index contributed by atoms with van der Waals surface area (Å²) in [6, 6.07) is 9.28. The summed E-state index contributed by atoms with van der Waals surface area (Å²) in [5.41, 5.74) is 0.316. The largest absolute Gasteiger partial charge is 0.340 e. The van der Waals surface area contributed by atoms with E-state index >= 15 is 0 Å². The summed E-state index contributed by atoms with van der Waals surface area (Å²) >= 11 is 0. The lowest BCUT2D eigenvalue weighted by Crippen LogP contribution is -2.45. The van der Waals surface area contributed by atoms with Gasteiger partial charge in [0.2, 0.25) is 5.91 Å². The zero-order chi connectivity index (χ0) is 17.6. The number of nitrogens with zero attached hydrogens (tertiary/aromatic N) is 3. The number of urea groups is 1. The fourth-order valence-corrected chi connectivity index (χ4v) is 4.35. The van der Waals surface area contributed by atoms with E-state index in [2.05, 4.69) is 0 Å². The van der Waals surface area contributed by atoms with Gasteiger partial charge < -0.3 is 9.80 Å². The van der Waals surface area contributed by atoms with Crippen LogP contribution >= 0.6 is 0 Å². The lowest BCUT2D eigenvalue weighted by atomic mass is 9.99. The Bertz CT molecular complexity index is 720. The monoisotopic (exact) mass is 341 g/mol. The molecule has 3 aliphatic rings. The van der Waals surface area contributed by atoms with E-state index in [1.807, 2.05) is 37.3 Å². The van der Waals surface area contributed by atoms with Gasteiger partial charge in [0, 0.05) is 19.6 Å². The molecule has 0 aromatic heterocycles. The Morgan fingerprint density at radius 1 is 1.20 bits per heavy atom. The van der Waals surface area contributed by atoms with Crippen LogP contribution in [0.15, 0.2) is 30.3 Å². The minimum absolute atomic E-state index is 0.0551. The average Bonchev–Trinajstić information content (AvgIpc) is 3.27. The molecular formula is C19H23N3O3. The standard InChI is InChI=1S/C19H23N3O3/c1-19-9-5-10-21(19)18(25)22(17(19)24)15-8-11-20(13-15)16(23)12-14-6-3-2-4-7-14/h2-4,6-7,15H,5,8-13H2,1H3/t15-,19-/m1/s1. The summed E-state index contributed by atoms with van der Waals surface area (Å²) in [4.78, 5) is 43.0. The molecule has 1 aromatic carbocycles. The van der Waals surface area contributed by atoms with Crippen LogP contribution in [0.25, 0.3) is 0 Å². The number of rotatable bonds is 3. The maximum absolute atomic E-state index is 12.8. The summed E-state index contributed by atoms with van der Waals surface area (Å²) in [7, 11) is 0. The van der Waals surface area contributed by atoms with Crippen molar-refractivity contribution < 1.29 is 14.4 Å². The van der Waals surface area contributed by atoms with Gasteiger partial charge in [0.25, 0.3) is 5.91 Å². The second-order valence-corrected chi connectivity index (χ2v) is 7.43. The van der Waals surface area contributed by atoms with Gasteiger partial charge in [0.15, 0.2) is 0 Å². The first-order chi connectivity index (χ1) is 12.0. The van der Waals surface area contributed by atoms with Crippen LogP contribution in [0.4, 0.5) is 4.79 Å². The van der Waals surface area contributed by atoms with Gasteiger partial charge in [-0.1, -0.05) is 30.3 Å². The number of fused-ring (bicyclic) bond motifs is 1. The Labute approximate surface area is 147 Å². The van der Waals surface area contributed by atoms with Crippen LogP contribution in [0.5, 0.6) is 0 Å². The number of likely N-dealkylation sites (tertiary alicyclic amines) is 1. The number of benzene rings is 1. The summed E-state index contributed by atoms with van der Waals surface area (Å²) in [6.45, 7) is 3.58.